The van der Waals surface area contributed by atoms with Crippen LogP contribution in [0.15, 0.2) is 0 Å². The lowest BCUT2D eigenvalue weighted by Crippen LogP contribution is -2.29. The van der Waals surface area contributed by atoms with E-state index in [1.54, 1.807) is 0 Å². The first-order chi connectivity index (χ1) is 4.34. The smallest absolute Gasteiger partial charge is 0.0431 e. The second-order valence-corrected chi connectivity index (χ2v) is 2.31. The molecular formula is C7H15N. The van der Waals surface area contributed by atoms with Crippen molar-refractivity contribution >= 4 is 0 Å². The van der Waals surface area contributed by atoms with Gasteiger partial charge in [-0.15, -0.1) is 0 Å². The highest BCUT2D eigenvalue weighted by Gasteiger charge is 2.05. The molecule has 1 aliphatic rings. The highest BCUT2D eigenvalue weighted by Crippen LogP contribution is 2.06. The Labute approximate surface area is 53.1 Å². The summed E-state index contributed by atoms with van der Waals surface area (Å²) in [5.41, 5.74) is 0. The van der Waals surface area contributed by atoms with Crippen LogP contribution in [0.3, 0.4) is 0 Å². The zero-order valence-corrected chi connectivity index (χ0v) is 5.56. The predicted molar refractivity (Wildman–Crippen MR) is 36.0 cm³/mol. The molecule has 0 aromatic rings. The molecule has 0 bridgehead atoms. The van der Waals surface area contributed by atoms with E-state index in [1.807, 2.05) is 0 Å². The van der Waals surface area contributed by atoms with Gasteiger partial charge in [0.05, 0.1) is 0 Å². The summed E-state index contributed by atoms with van der Waals surface area (Å²) in [5, 5.41) is 0. The molecule has 0 amide bonds. The lowest BCUT2D eigenvalue weighted by molar-refractivity contribution is 0.240. The Morgan fingerprint density at radius 3 is 2.88 bits per heavy atom. The first kappa shape index (κ1) is 4.80. The van der Waals surface area contributed by atoms with Gasteiger partial charge in [0, 0.05) is 1.37 Å². The third-order valence-electron chi connectivity index (χ3n) is 1.69. The minimum atomic E-state index is 0.101. The van der Waals surface area contributed by atoms with Crippen LogP contribution in [0.25, 0.3) is 0 Å². The molecule has 0 aromatic carbocycles. The average molecular weight is 114 g/mol. The molecule has 0 spiro atoms. The summed E-state index contributed by atoms with van der Waals surface area (Å²) in [6.07, 6.45) is 3.63. The van der Waals surface area contributed by atoms with E-state index < -0.39 is 0 Å². The Kier molecular flexibility index (Phi) is 1.85. The van der Waals surface area contributed by atoms with Crippen LogP contribution < -0.4 is 0 Å². The highest BCUT2D eigenvalue weighted by atomic mass is 15.1. The SMILES string of the molecule is [2H]C1CCCCN1CC. The van der Waals surface area contributed by atoms with Crippen molar-refractivity contribution in [3.05, 3.63) is 0 Å². The van der Waals surface area contributed by atoms with Crippen molar-refractivity contribution in [3.8, 4) is 0 Å². The summed E-state index contributed by atoms with van der Waals surface area (Å²) in [6.45, 7) is 4.43. The Balaban J connectivity index is 2.30. The molecule has 1 heterocycles. The molecule has 48 valence electrons. The second-order valence-electron chi connectivity index (χ2n) is 2.31. The average Bonchev–Trinajstić information content (AvgIpc) is 1.89. The van der Waals surface area contributed by atoms with Gasteiger partial charge < -0.3 is 4.90 Å². The van der Waals surface area contributed by atoms with E-state index in [9.17, 15) is 0 Å². The Morgan fingerprint density at radius 2 is 2.38 bits per heavy atom. The fraction of sp³-hybridized carbons (Fsp3) is 1.00. The fourth-order valence-corrected chi connectivity index (χ4v) is 1.11. The predicted octanol–water partition coefficient (Wildman–Crippen LogP) is 1.49. The zero-order chi connectivity index (χ0) is 6.69. The Hall–Kier alpha value is -0.0400. The van der Waals surface area contributed by atoms with Crippen LogP contribution in [0.1, 0.15) is 27.6 Å². The van der Waals surface area contributed by atoms with Gasteiger partial charge in [-0.2, -0.15) is 0 Å². The first-order valence-corrected chi connectivity index (χ1v) is 3.51. The Bertz CT molecular complexity index is 85.0. The van der Waals surface area contributed by atoms with Crippen molar-refractivity contribution in [1.29, 1.82) is 0 Å². The fourth-order valence-electron chi connectivity index (χ4n) is 1.11. The van der Waals surface area contributed by atoms with Gasteiger partial charge >= 0.3 is 0 Å². The van der Waals surface area contributed by atoms with E-state index in [-0.39, 0.29) is 6.52 Å². The van der Waals surface area contributed by atoms with Crippen LogP contribution in [0.2, 0.25) is 0 Å². The molecule has 0 radical (unpaired) electrons. The standard InChI is InChI=1S/C7H15N/c1-2-8-6-4-3-5-7-8/h2-7H2,1H3/i6D. The van der Waals surface area contributed by atoms with Gasteiger partial charge in [-0.05, 0) is 32.5 Å². The molecule has 1 saturated heterocycles. The third kappa shape index (κ3) is 1.48. The number of nitrogens with zero attached hydrogens (tertiary/aromatic N) is 1. The van der Waals surface area contributed by atoms with Crippen molar-refractivity contribution in [2.75, 3.05) is 19.6 Å². The van der Waals surface area contributed by atoms with Crippen molar-refractivity contribution in [2.24, 2.45) is 0 Å². The van der Waals surface area contributed by atoms with Crippen molar-refractivity contribution in [3.63, 3.8) is 0 Å². The van der Waals surface area contributed by atoms with Crippen molar-refractivity contribution in [2.45, 2.75) is 26.2 Å². The summed E-state index contributed by atoms with van der Waals surface area (Å²) < 4.78 is 7.56. The van der Waals surface area contributed by atoms with Gasteiger partial charge in [-0.25, -0.2) is 0 Å². The molecule has 1 nitrogen and oxygen atoms in total. The van der Waals surface area contributed by atoms with E-state index in [4.69, 9.17) is 1.37 Å². The maximum atomic E-state index is 7.56. The van der Waals surface area contributed by atoms with E-state index >= 15 is 0 Å². The quantitative estimate of drug-likeness (QED) is 0.499. The topological polar surface area (TPSA) is 3.24 Å². The van der Waals surface area contributed by atoms with E-state index in [1.165, 1.54) is 12.8 Å². The minimum absolute atomic E-state index is 0.101. The molecular weight excluding hydrogens is 98.1 g/mol. The number of likely N-dealkylation sites (tertiary alicyclic amines) is 1. The number of hydrogen-bond donors (Lipinski definition) is 0. The molecule has 1 rings (SSSR count). The highest BCUT2D eigenvalue weighted by molar-refractivity contribution is 4.61. The second kappa shape index (κ2) is 3.08. The van der Waals surface area contributed by atoms with Gasteiger partial charge in [-0.1, -0.05) is 13.3 Å². The third-order valence-corrected chi connectivity index (χ3v) is 1.69. The molecule has 1 atom stereocenters. The summed E-state index contributed by atoms with van der Waals surface area (Å²) in [6, 6.07) is 0. The number of piperidine rings is 1. The maximum Gasteiger partial charge on any atom is 0.0431 e. The van der Waals surface area contributed by atoms with Crippen LogP contribution in [-0.4, -0.2) is 24.5 Å². The van der Waals surface area contributed by atoms with Crippen LogP contribution >= 0.6 is 0 Å². The van der Waals surface area contributed by atoms with Crippen LogP contribution in [0.4, 0.5) is 0 Å². The zero-order valence-electron chi connectivity index (χ0n) is 6.56. The summed E-state index contributed by atoms with van der Waals surface area (Å²) >= 11 is 0. The molecule has 0 saturated carbocycles. The van der Waals surface area contributed by atoms with Crippen molar-refractivity contribution < 1.29 is 1.37 Å². The molecule has 1 fully saturated rings. The minimum Gasteiger partial charge on any atom is -0.304 e. The molecule has 1 aliphatic heterocycles. The van der Waals surface area contributed by atoms with Gasteiger partial charge in [0.15, 0.2) is 0 Å². The molecule has 0 aromatic heterocycles. The monoisotopic (exact) mass is 114 g/mol. The molecule has 8 heavy (non-hydrogen) atoms. The van der Waals surface area contributed by atoms with Gasteiger partial charge in [0.25, 0.3) is 0 Å². The van der Waals surface area contributed by atoms with Gasteiger partial charge in [-0.3, -0.25) is 0 Å². The summed E-state index contributed by atoms with van der Waals surface area (Å²) in [4.78, 5) is 2.23. The first-order valence-electron chi connectivity index (χ1n) is 4.08. The number of hydrogen-bond acceptors (Lipinski definition) is 1. The number of rotatable bonds is 1. The molecule has 0 aliphatic carbocycles. The molecule has 0 N–H and O–H groups in total. The lowest BCUT2D eigenvalue weighted by atomic mass is 10.1. The van der Waals surface area contributed by atoms with Crippen LogP contribution in [-0.2, 0) is 0 Å². The lowest BCUT2D eigenvalue weighted by Gasteiger charge is -2.24. The van der Waals surface area contributed by atoms with E-state index in [2.05, 4.69) is 11.8 Å². The molecule has 1 unspecified atom stereocenters. The van der Waals surface area contributed by atoms with Crippen molar-refractivity contribution in [1.82, 2.24) is 4.90 Å². The summed E-state index contributed by atoms with van der Waals surface area (Å²) in [5.74, 6) is 0. The van der Waals surface area contributed by atoms with Crippen LogP contribution in [0, 0.1) is 0 Å². The maximum absolute atomic E-state index is 7.56. The Morgan fingerprint density at radius 1 is 1.50 bits per heavy atom. The largest absolute Gasteiger partial charge is 0.304 e. The van der Waals surface area contributed by atoms with Gasteiger partial charge in [0.1, 0.15) is 0 Å². The molecule has 1 heteroatoms. The van der Waals surface area contributed by atoms with Gasteiger partial charge in [0.2, 0.25) is 0 Å². The van der Waals surface area contributed by atoms with Crippen LogP contribution in [0.5, 0.6) is 0 Å². The summed E-state index contributed by atoms with van der Waals surface area (Å²) in [7, 11) is 0. The normalized spacial score (nSPS) is 34.6. The van der Waals surface area contributed by atoms with E-state index in [0.717, 1.165) is 19.5 Å². The van der Waals surface area contributed by atoms with E-state index in [0.29, 0.717) is 0 Å².